The molecular formula is C18H19N3O3S. The SMILES string of the molecule is CCOc1cc(OC)ccc1-c1n[nH]c(=S)n1-c1ccc(OC)cc1. The molecule has 0 aliphatic rings. The molecule has 1 N–H and O–H groups in total. The van der Waals surface area contributed by atoms with Gasteiger partial charge in [-0.1, -0.05) is 0 Å². The van der Waals surface area contributed by atoms with Crippen LogP contribution >= 0.6 is 12.2 Å². The number of nitrogens with zero attached hydrogens (tertiary/aromatic N) is 2. The average molecular weight is 357 g/mol. The Morgan fingerprint density at radius 2 is 1.72 bits per heavy atom. The fourth-order valence-corrected chi connectivity index (χ4v) is 2.78. The van der Waals surface area contributed by atoms with Gasteiger partial charge in [0, 0.05) is 6.07 Å². The normalized spacial score (nSPS) is 10.5. The lowest BCUT2D eigenvalue weighted by Crippen LogP contribution is -2.01. The summed E-state index contributed by atoms with van der Waals surface area (Å²) < 4.78 is 18.6. The summed E-state index contributed by atoms with van der Waals surface area (Å²) in [4.78, 5) is 0. The van der Waals surface area contributed by atoms with Crippen molar-refractivity contribution in [1.29, 1.82) is 0 Å². The van der Waals surface area contributed by atoms with Crippen molar-refractivity contribution >= 4 is 12.2 Å². The molecule has 3 rings (SSSR count). The number of methoxy groups -OCH3 is 2. The monoisotopic (exact) mass is 357 g/mol. The summed E-state index contributed by atoms with van der Waals surface area (Å²) in [7, 11) is 3.26. The van der Waals surface area contributed by atoms with E-state index in [9.17, 15) is 0 Å². The Morgan fingerprint density at radius 1 is 1.04 bits per heavy atom. The van der Waals surface area contributed by atoms with E-state index in [1.807, 2.05) is 54.0 Å². The summed E-state index contributed by atoms with van der Waals surface area (Å²) in [5, 5.41) is 7.26. The van der Waals surface area contributed by atoms with Gasteiger partial charge in [-0.3, -0.25) is 9.67 Å². The molecule has 7 heteroatoms. The van der Waals surface area contributed by atoms with Crippen LogP contribution in [0, 0.1) is 4.77 Å². The maximum absolute atomic E-state index is 5.77. The first-order valence-electron chi connectivity index (χ1n) is 7.81. The number of hydrogen-bond donors (Lipinski definition) is 1. The molecule has 0 spiro atoms. The smallest absolute Gasteiger partial charge is 0.200 e. The first-order valence-corrected chi connectivity index (χ1v) is 8.21. The minimum atomic E-state index is 0.499. The minimum absolute atomic E-state index is 0.499. The van der Waals surface area contributed by atoms with Crippen LogP contribution in [0.2, 0.25) is 0 Å². The van der Waals surface area contributed by atoms with Crippen molar-refractivity contribution in [3.8, 4) is 34.3 Å². The third-order valence-corrected chi connectivity index (χ3v) is 4.01. The van der Waals surface area contributed by atoms with Crippen molar-refractivity contribution in [1.82, 2.24) is 14.8 Å². The molecule has 3 aromatic rings. The zero-order chi connectivity index (χ0) is 17.8. The van der Waals surface area contributed by atoms with Crippen LogP contribution in [0.15, 0.2) is 42.5 Å². The highest BCUT2D eigenvalue weighted by Gasteiger charge is 2.16. The summed E-state index contributed by atoms with van der Waals surface area (Å²) in [5.41, 5.74) is 1.71. The number of rotatable bonds is 6. The molecule has 0 unspecified atom stereocenters. The standard InChI is InChI=1S/C18H19N3O3S/c1-4-24-16-11-14(23-3)9-10-15(16)17-19-20-18(25)21(17)12-5-7-13(22-2)8-6-12/h5-11H,4H2,1-3H3,(H,20,25). The van der Waals surface area contributed by atoms with Gasteiger partial charge in [-0.15, -0.1) is 0 Å². The summed E-state index contributed by atoms with van der Waals surface area (Å²) >= 11 is 5.42. The predicted molar refractivity (Wildman–Crippen MR) is 98.5 cm³/mol. The third kappa shape index (κ3) is 3.36. The van der Waals surface area contributed by atoms with Crippen molar-refractivity contribution < 1.29 is 14.2 Å². The summed E-state index contributed by atoms with van der Waals surface area (Å²) in [6, 6.07) is 13.2. The molecule has 0 atom stereocenters. The highest BCUT2D eigenvalue weighted by Crippen LogP contribution is 2.34. The maximum Gasteiger partial charge on any atom is 0.200 e. The molecule has 0 bridgehead atoms. The molecule has 6 nitrogen and oxygen atoms in total. The van der Waals surface area contributed by atoms with E-state index in [0.717, 1.165) is 22.7 Å². The van der Waals surface area contributed by atoms with E-state index in [1.54, 1.807) is 14.2 Å². The Bertz CT molecular complexity index is 916. The van der Waals surface area contributed by atoms with E-state index in [4.69, 9.17) is 26.4 Å². The van der Waals surface area contributed by atoms with Gasteiger partial charge in [0.05, 0.1) is 32.1 Å². The Kier molecular flexibility index (Phi) is 5.04. The summed E-state index contributed by atoms with van der Waals surface area (Å²) in [6.45, 7) is 2.47. The second-order valence-electron chi connectivity index (χ2n) is 5.18. The van der Waals surface area contributed by atoms with Gasteiger partial charge >= 0.3 is 0 Å². The number of aromatic nitrogens is 3. The largest absolute Gasteiger partial charge is 0.497 e. The van der Waals surface area contributed by atoms with Crippen molar-refractivity contribution in [3.05, 3.63) is 47.2 Å². The topological polar surface area (TPSA) is 61.3 Å². The fourth-order valence-electron chi connectivity index (χ4n) is 2.54. The molecule has 0 amide bonds. The van der Waals surface area contributed by atoms with E-state index < -0.39 is 0 Å². The Balaban J connectivity index is 2.14. The molecule has 0 aliphatic carbocycles. The van der Waals surface area contributed by atoms with Crippen LogP contribution in [0.5, 0.6) is 17.2 Å². The molecule has 0 saturated carbocycles. The van der Waals surface area contributed by atoms with E-state index in [-0.39, 0.29) is 0 Å². The van der Waals surface area contributed by atoms with Crippen LogP contribution in [0.25, 0.3) is 17.1 Å². The van der Waals surface area contributed by atoms with Crippen molar-refractivity contribution in [2.45, 2.75) is 6.92 Å². The first-order chi connectivity index (χ1) is 12.2. The van der Waals surface area contributed by atoms with Gasteiger partial charge in [-0.25, -0.2) is 0 Å². The maximum atomic E-state index is 5.77. The summed E-state index contributed by atoms with van der Waals surface area (Å²) in [6.07, 6.45) is 0. The predicted octanol–water partition coefficient (Wildman–Crippen LogP) is 4.01. The van der Waals surface area contributed by atoms with Crippen molar-refractivity contribution in [2.24, 2.45) is 0 Å². The van der Waals surface area contributed by atoms with E-state index in [0.29, 0.717) is 23.0 Å². The number of H-pyrrole nitrogens is 1. The van der Waals surface area contributed by atoms with E-state index in [2.05, 4.69) is 10.2 Å². The molecule has 130 valence electrons. The lowest BCUT2D eigenvalue weighted by Gasteiger charge is -2.13. The second kappa shape index (κ2) is 7.40. The average Bonchev–Trinajstić information content (AvgIpc) is 3.03. The minimum Gasteiger partial charge on any atom is -0.497 e. The first kappa shape index (κ1) is 17.0. The quantitative estimate of drug-likeness (QED) is 0.675. The highest BCUT2D eigenvalue weighted by atomic mass is 32.1. The van der Waals surface area contributed by atoms with Crippen LogP contribution in [-0.2, 0) is 0 Å². The number of benzene rings is 2. The van der Waals surface area contributed by atoms with Gasteiger partial charge in [-0.05, 0) is 55.5 Å². The fraction of sp³-hybridized carbons (Fsp3) is 0.222. The molecular weight excluding hydrogens is 338 g/mol. The second-order valence-corrected chi connectivity index (χ2v) is 5.57. The van der Waals surface area contributed by atoms with Gasteiger partial charge in [0.25, 0.3) is 0 Å². The lowest BCUT2D eigenvalue weighted by molar-refractivity contribution is 0.337. The third-order valence-electron chi connectivity index (χ3n) is 3.73. The zero-order valence-corrected chi connectivity index (χ0v) is 15.1. The van der Waals surface area contributed by atoms with Gasteiger partial charge < -0.3 is 14.2 Å². The number of aromatic amines is 1. The van der Waals surface area contributed by atoms with Crippen LogP contribution in [0.1, 0.15) is 6.92 Å². The van der Waals surface area contributed by atoms with Gasteiger partial charge in [-0.2, -0.15) is 5.10 Å². The van der Waals surface area contributed by atoms with Crippen molar-refractivity contribution in [3.63, 3.8) is 0 Å². The van der Waals surface area contributed by atoms with Crippen LogP contribution in [0.3, 0.4) is 0 Å². The Hall–Kier alpha value is -2.80. The molecule has 0 aliphatic heterocycles. The molecule has 1 aromatic heterocycles. The summed E-state index contributed by atoms with van der Waals surface area (Å²) in [5.74, 6) is 2.85. The van der Waals surface area contributed by atoms with Crippen LogP contribution in [0.4, 0.5) is 0 Å². The van der Waals surface area contributed by atoms with Crippen LogP contribution < -0.4 is 14.2 Å². The number of nitrogens with one attached hydrogen (secondary N) is 1. The molecule has 0 saturated heterocycles. The Labute approximate surface area is 151 Å². The van der Waals surface area contributed by atoms with Gasteiger partial charge in [0.15, 0.2) is 10.6 Å². The number of hydrogen-bond acceptors (Lipinski definition) is 5. The Morgan fingerprint density at radius 3 is 2.36 bits per heavy atom. The molecule has 0 radical (unpaired) electrons. The van der Waals surface area contributed by atoms with Gasteiger partial charge in [0.1, 0.15) is 17.2 Å². The van der Waals surface area contributed by atoms with E-state index >= 15 is 0 Å². The molecule has 2 aromatic carbocycles. The van der Waals surface area contributed by atoms with E-state index in [1.165, 1.54) is 0 Å². The molecule has 0 fully saturated rings. The van der Waals surface area contributed by atoms with Crippen molar-refractivity contribution in [2.75, 3.05) is 20.8 Å². The van der Waals surface area contributed by atoms with Gasteiger partial charge in [0.2, 0.25) is 0 Å². The lowest BCUT2D eigenvalue weighted by atomic mass is 10.1. The highest BCUT2D eigenvalue weighted by molar-refractivity contribution is 7.71. The zero-order valence-electron chi connectivity index (χ0n) is 14.3. The number of ether oxygens (including phenoxy) is 3. The molecule has 25 heavy (non-hydrogen) atoms. The molecule has 1 heterocycles. The van der Waals surface area contributed by atoms with Crippen LogP contribution in [-0.4, -0.2) is 35.6 Å².